The molecule has 0 aliphatic rings. The van der Waals surface area contributed by atoms with E-state index in [1.165, 1.54) is 6.08 Å². The molecule has 0 spiro atoms. The van der Waals surface area contributed by atoms with E-state index in [1.54, 1.807) is 6.92 Å². The van der Waals surface area contributed by atoms with Crippen LogP contribution in [0.15, 0.2) is 11.6 Å². The average Bonchev–Trinajstić information content (AvgIpc) is 2.28. The molecule has 100 valence electrons. The van der Waals surface area contributed by atoms with E-state index >= 15 is 0 Å². The highest BCUT2D eigenvalue weighted by Crippen LogP contribution is 2.47. The second-order valence-corrected chi connectivity index (χ2v) is 4.23. The summed E-state index contributed by atoms with van der Waals surface area (Å²) in [7, 11) is -1.34. The van der Waals surface area contributed by atoms with Crippen molar-refractivity contribution in [1.82, 2.24) is 0 Å². The molecule has 0 unspecified atom stereocenters. The summed E-state index contributed by atoms with van der Waals surface area (Å²) in [6, 6.07) is 0. The van der Waals surface area contributed by atoms with Crippen molar-refractivity contribution >= 4 is 14.3 Å². The molecule has 5 nitrogen and oxygen atoms in total. The molecular formula is C11H21O5P. The summed E-state index contributed by atoms with van der Waals surface area (Å²) in [4.78, 5) is 11.4. The number of esters is 1. The fraction of sp³-hybridized carbons (Fsp3) is 0.727. The first-order valence-electron chi connectivity index (χ1n) is 5.76. The highest BCUT2D eigenvalue weighted by atomic mass is 31.2. The molecule has 0 rings (SSSR count). The number of carbonyl (C=O) groups is 1. The van der Waals surface area contributed by atoms with E-state index in [2.05, 4.69) is 0 Å². The third-order valence-corrected chi connectivity index (χ3v) is 3.10. The zero-order valence-corrected chi connectivity index (χ0v) is 11.8. The molecule has 0 aromatic rings. The summed E-state index contributed by atoms with van der Waals surface area (Å²) < 4.78 is 21.0. The smallest absolute Gasteiger partial charge is 0.334 e. The minimum Gasteiger partial charge on any atom is -0.488 e. The molecule has 0 heterocycles. The Morgan fingerprint density at radius 2 is 1.47 bits per heavy atom. The lowest BCUT2D eigenvalue weighted by molar-refractivity contribution is -0.137. The van der Waals surface area contributed by atoms with Crippen molar-refractivity contribution in [2.45, 2.75) is 27.7 Å². The largest absolute Gasteiger partial charge is 0.488 e. The summed E-state index contributed by atoms with van der Waals surface area (Å²) in [5, 5.41) is 0. The Morgan fingerprint density at radius 3 is 1.88 bits per heavy atom. The maximum absolute atomic E-state index is 11.4. The van der Waals surface area contributed by atoms with Crippen LogP contribution in [0.1, 0.15) is 27.7 Å². The van der Waals surface area contributed by atoms with Gasteiger partial charge in [0, 0.05) is 0 Å². The Kier molecular flexibility index (Phi) is 10.1. The quantitative estimate of drug-likeness (QED) is 0.277. The number of rotatable bonds is 9. The van der Waals surface area contributed by atoms with Crippen LogP contribution < -0.4 is 0 Å². The molecule has 0 saturated heterocycles. The van der Waals surface area contributed by atoms with E-state index in [0.717, 1.165) is 0 Å². The maximum Gasteiger partial charge on any atom is 0.334 e. The van der Waals surface area contributed by atoms with Gasteiger partial charge in [-0.05, 0) is 27.7 Å². The van der Waals surface area contributed by atoms with Crippen LogP contribution in [-0.4, -0.2) is 32.4 Å². The van der Waals surface area contributed by atoms with E-state index in [0.29, 0.717) is 31.9 Å². The van der Waals surface area contributed by atoms with Gasteiger partial charge in [-0.15, -0.1) is 0 Å². The second-order valence-electron chi connectivity index (χ2n) is 2.76. The fourth-order valence-electron chi connectivity index (χ4n) is 0.979. The highest BCUT2D eigenvalue weighted by molar-refractivity contribution is 7.51. The Balaban J connectivity index is 4.69. The Bertz CT molecular complexity index is 236. The SMILES string of the molecule is CCOC(=O)/C=C(\OCC)P(OCC)OCC. The zero-order valence-electron chi connectivity index (χ0n) is 10.9. The Labute approximate surface area is 104 Å². The van der Waals surface area contributed by atoms with E-state index in [-0.39, 0.29) is 0 Å². The number of hydrogen-bond acceptors (Lipinski definition) is 5. The van der Waals surface area contributed by atoms with Crippen molar-refractivity contribution in [3.63, 3.8) is 0 Å². The summed E-state index contributed by atoms with van der Waals surface area (Å²) in [5.74, 6) is -0.442. The van der Waals surface area contributed by atoms with Crippen LogP contribution in [-0.2, 0) is 23.3 Å². The van der Waals surface area contributed by atoms with Gasteiger partial charge in [0.25, 0.3) is 0 Å². The lowest BCUT2D eigenvalue weighted by Gasteiger charge is -2.18. The van der Waals surface area contributed by atoms with E-state index in [9.17, 15) is 4.79 Å². The van der Waals surface area contributed by atoms with Crippen molar-refractivity contribution < 1.29 is 23.3 Å². The normalized spacial score (nSPS) is 11.7. The fourth-order valence-corrected chi connectivity index (χ4v) is 2.22. The third kappa shape index (κ3) is 7.31. The number of hydrogen-bond donors (Lipinski definition) is 0. The zero-order chi connectivity index (χ0) is 13.1. The minimum absolute atomic E-state index is 0.329. The monoisotopic (exact) mass is 264 g/mol. The Morgan fingerprint density at radius 1 is 0.941 bits per heavy atom. The summed E-state index contributed by atoms with van der Waals surface area (Å²) in [6.45, 7) is 9.09. The van der Waals surface area contributed by atoms with Crippen molar-refractivity contribution in [1.29, 1.82) is 0 Å². The number of ether oxygens (including phenoxy) is 2. The highest BCUT2D eigenvalue weighted by Gasteiger charge is 2.19. The van der Waals surface area contributed by atoms with E-state index in [1.807, 2.05) is 20.8 Å². The summed E-state index contributed by atoms with van der Waals surface area (Å²) in [6.07, 6.45) is 1.30. The van der Waals surface area contributed by atoms with Gasteiger partial charge in [0.1, 0.15) is 0 Å². The lowest BCUT2D eigenvalue weighted by Crippen LogP contribution is -2.04. The number of carbonyl (C=O) groups excluding carboxylic acids is 1. The Hall–Kier alpha value is -0.640. The molecule has 0 aromatic carbocycles. The lowest BCUT2D eigenvalue weighted by atomic mass is 10.6. The van der Waals surface area contributed by atoms with Gasteiger partial charge in [-0.2, -0.15) is 0 Å². The average molecular weight is 264 g/mol. The van der Waals surface area contributed by atoms with Gasteiger partial charge in [0.15, 0.2) is 5.50 Å². The van der Waals surface area contributed by atoms with Gasteiger partial charge in [-0.1, -0.05) is 0 Å². The first-order valence-corrected chi connectivity index (χ1v) is 6.94. The van der Waals surface area contributed by atoms with Gasteiger partial charge in [-0.3, -0.25) is 0 Å². The van der Waals surface area contributed by atoms with Crippen LogP contribution in [0.4, 0.5) is 0 Å². The van der Waals surface area contributed by atoms with Crippen LogP contribution >= 0.6 is 8.38 Å². The molecule has 0 aliphatic heterocycles. The van der Waals surface area contributed by atoms with Gasteiger partial charge in [-0.25, -0.2) is 4.79 Å². The second kappa shape index (κ2) is 10.5. The topological polar surface area (TPSA) is 54.0 Å². The van der Waals surface area contributed by atoms with Gasteiger partial charge < -0.3 is 18.5 Å². The van der Waals surface area contributed by atoms with Crippen LogP contribution in [0.5, 0.6) is 0 Å². The molecule has 0 saturated carbocycles. The first-order chi connectivity index (χ1) is 8.19. The molecule has 0 aromatic heterocycles. The predicted molar refractivity (Wildman–Crippen MR) is 66.5 cm³/mol. The molecule has 0 aliphatic carbocycles. The molecule has 0 radical (unpaired) electrons. The van der Waals surface area contributed by atoms with Crippen molar-refractivity contribution in [2.24, 2.45) is 0 Å². The van der Waals surface area contributed by atoms with Gasteiger partial charge in [0.05, 0.1) is 32.5 Å². The molecule has 17 heavy (non-hydrogen) atoms. The minimum atomic E-state index is -1.34. The van der Waals surface area contributed by atoms with Crippen molar-refractivity contribution in [3.8, 4) is 0 Å². The van der Waals surface area contributed by atoms with E-state index in [4.69, 9.17) is 18.5 Å². The van der Waals surface area contributed by atoms with Crippen molar-refractivity contribution in [2.75, 3.05) is 26.4 Å². The standard InChI is InChI=1S/C11H21O5P/c1-5-13-10(12)9-11(14-6-2)17(15-7-3)16-8-4/h9H,5-8H2,1-4H3/b11-9+. The predicted octanol–water partition coefficient (Wildman–Crippen LogP) is 2.81. The van der Waals surface area contributed by atoms with E-state index < -0.39 is 14.3 Å². The van der Waals surface area contributed by atoms with Gasteiger partial charge in [0.2, 0.25) is 8.38 Å². The van der Waals surface area contributed by atoms with Crippen LogP contribution in [0.2, 0.25) is 0 Å². The molecular weight excluding hydrogens is 243 g/mol. The summed E-state index contributed by atoms with van der Waals surface area (Å²) >= 11 is 0. The first kappa shape index (κ1) is 16.4. The van der Waals surface area contributed by atoms with Gasteiger partial charge >= 0.3 is 5.97 Å². The third-order valence-electron chi connectivity index (χ3n) is 1.49. The maximum atomic E-state index is 11.4. The van der Waals surface area contributed by atoms with Crippen LogP contribution in [0.25, 0.3) is 0 Å². The molecule has 0 atom stereocenters. The molecule has 0 fully saturated rings. The summed E-state index contributed by atoms with van der Waals surface area (Å²) in [5.41, 5.74) is 0.407. The van der Waals surface area contributed by atoms with Crippen LogP contribution in [0, 0.1) is 0 Å². The molecule has 0 amide bonds. The van der Waals surface area contributed by atoms with Crippen molar-refractivity contribution in [3.05, 3.63) is 11.6 Å². The molecule has 6 heteroatoms. The molecule has 0 N–H and O–H groups in total. The van der Waals surface area contributed by atoms with Crippen LogP contribution in [0.3, 0.4) is 0 Å². The molecule has 0 bridgehead atoms.